The van der Waals surface area contributed by atoms with E-state index in [0.717, 1.165) is 48.0 Å². The summed E-state index contributed by atoms with van der Waals surface area (Å²) in [7, 11) is 0. The molecule has 0 unspecified atom stereocenters. The first-order chi connectivity index (χ1) is 15.0. The van der Waals surface area contributed by atoms with Crippen molar-refractivity contribution in [2.45, 2.75) is 32.7 Å². The molecule has 0 radical (unpaired) electrons. The zero-order valence-corrected chi connectivity index (χ0v) is 17.7. The molecule has 0 amide bonds. The van der Waals surface area contributed by atoms with E-state index < -0.39 is 5.97 Å². The quantitative estimate of drug-likeness (QED) is 0.379. The third kappa shape index (κ3) is 4.09. The highest BCUT2D eigenvalue weighted by molar-refractivity contribution is 6.31. The number of imidazole rings is 2. The topological polar surface area (TPSA) is 101 Å². The van der Waals surface area contributed by atoms with Gasteiger partial charge in [-0.05, 0) is 30.2 Å². The number of hydrogen-bond donors (Lipinski definition) is 2. The number of unbranched alkanes of at least 4 members (excludes halogenated alkanes) is 1. The molecule has 2 heterocycles. The number of halogens is 1. The number of nitrogens with zero attached hydrogens (tertiary/aromatic N) is 3. The van der Waals surface area contributed by atoms with Crippen LogP contribution in [0.1, 0.15) is 52.0 Å². The van der Waals surface area contributed by atoms with Gasteiger partial charge in [0.2, 0.25) is 0 Å². The number of aromatic carboxylic acids is 1. The summed E-state index contributed by atoms with van der Waals surface area (Å²) >= 11 is 6.17. The lowest BCUT2D eigenvalue weighted by molar-refractivity contribution is 0.0697. The maximum Gasteiger partial charge on any atom is 0.336 e. The molecule has 0 aliphatic rings. The van der Waals surface area contributed by atoms with Crippen molar-refractivity contribution in [3.05, 3.63) is 70.3 Å². The van der Waals surface area contributed by atoms with E-state index in [1.807, 2.05) is 22.8 Å². The zero-order valence-electron chi connectivity index (χ0n) is 16.9. The van der Waals surface area contributed by atoms with E-state index in [1.54, 1.807) is 24.3 Å². The van der Waals surface area contributed by atoms with Gasteiger partial charge in [0.25, 0.3) is 0 Å². The van der Waals surface area contributed by atoms with Gasteiger partial charge in [-0.15, -0.1) is 0 Å². The molecule has 2 aromatic carbocycles. The van der Waals surface area contributed by atoms with Crippen LogP contribution in [0.4, 0.5) is 0 Å². The molecule has 8 heteroatoms. The number of aromatic amines is 1. The predicted octanol–water partition coefficient (Wildman–Crippen LogP) is 4.98. The first-order valence-electron chi connectivity index (χ1n) is 10.0. The van der Waals surface area contributed by atoms with Crippen LogP contribution >= 0.6 is 11.6 Å². The molecule has 0 saturated carbocycles. The molecule has 158 valence electrons. The number of nitrogens with one attached hydrogen (secondary N) is 1. The Morgan fingerprint density at radius 1 is 1.23 bits per heavy atom. The largest absolute Gasteiger partial charge is 0.478 e. The average Bonchev–Trinajstić information content (AvgIpc) is 3.32. The molecule has 0 aliphatic heterocycles. The fourth-order valence-corrected chi connectivity index (χ4v) is 3.88. The second-order valence-corrected chi connectivity index (χ2v) is 7.66. The Bertz CT molecular complexity index is 1280. The molecule has 31 heavy (non-hydrogen) atoms. The number of carboxylic acids is 1. The number of aldehydes is 1. The summed E-state index contributed by atoms with van der Waals surface area (Å²) in [6, 6.07) is 12.5. The normalized spacial score (nSPS) is 11.2. The Morgan fingerprint density at radius 3 is 2.77 bits per heavy atom. The zero-order chi connectivity index (χ0) is 22.0. The summed E-state index contributed by atoms with van der Waals surface area (Å²) in [6.07, 6.45) is 3.45. The van der Waals surface area contributed by atoms with Crippen molar-refractivity contribution < 1.29 is 14.7 Å². The molecule has 2 N–H and O–H groups in total. The van der Waals surface area contributed by atoms with Crippen molar-refractivity contribution >= 4 is 34.9 Å². The molecule has 0 bridgehead atoms. The summed E-state index contributed by atoms with van der Waals surface area (Å²) < 4.78 is 1.85. The van der Waals surface area contributed by atoms with Gasteiger partial charge in [0.1, 0.15) is 17.3 Å². The van der Waals surface area contributed by atoms with E-state index in [-0.39, 0.29) is 10.7 Å². The Kier molecular flexibility index (Phi) is 5.86. The molecule has 4 aromatic rings. The van der Waals surface area contributed by atoms with Crippen LogP contribution in [0, 0.1) is 0 Å². The first-order valence-corrected chi connectivity index (χ1v) is 10.4. The Balaban J connectivity index is 1.71. The summed E-state index contributed by atoms with van der Waals surface area (Å²) in [4.78, 5) is 35.3. The average molecular weight is 437 g/mol. The van der Waals surface area contributed by atoms with Crippen LogP contribution in [0.2, 0.25) is 5.15 Å². The van der Waals surface area contributed by atoms with Gasteiger partial charge in [-0.25, -0.2) is 14.8 Å². The second-order valence-electron chi connectivity index (χ2n) is 7.30. The highest BCUT2D eigenvalue weighted by Gasteiger charge is 2.17. The minimum Gasteiger partial charge on any atom is -0.478 e. The monoisotopic (exact) mass is 436 g/mol. The molecular weight excluding hydrogens is 416 g/mol. The molecule has 0 atom stereocenters. The minimum atomic E-state index is -1.00. The van der Waals surface area contributed by atoms with Crippen LogP contribution in [0.3, 0.4) is 0 Å². The maximum absolute atomic E-state index is 11.6. The van der Waals surface area contributed by atoms with Crippen LogP contribution in [0.15, 0.2) is 42.5 Å². The second kappa shape index (κ2) is 8.73. The van der Waals surface area contributed by atoms with E-state index in [4.69, 9.17) is 11.6 Å². The first kappa shape index (κ1) is 20.8. The van der Waals surface area contributed by atoms with Gasteiger partial charge in [-0.1, -0.05) is 49.2 Å². The van der Waals surface area contributed by atoms with Gasteiger partial charge in [0, 0.05) is 18.5 Å². The van der Waals surface area contributed by atoms with Crippen LogP contribution in [0.25, 0.3) is 22.4 Å². The number of carbonyl (C=O) groups excluding carboxylic acids is 1. The van der Waals surface area contributed by atoms with E-state index in [9.17, 15) is 14.7 Å². The number of carbonyl (C=O) groups is 2. The Hall–Kier alpha value is -3.45. The van der Waals surface area contributed by atoms with E-state index in [2.05, 4.69) is 21.9 Å². The Morgan fingerprint density at radius 2 is 2.03 bits per heavy atom. The third-order valence-corrected chi connectivity index (χ3v) is 5.48. The number of hydrogen-bond acceptors (Lipinski definition) is 4. The number of H-pyrrole nitrogens is 1. The smallest absolute Gasteiger partial charge is 0.336 e. The highest BCUT2D eigenvalue weighted by atomic mass is 35.5. The predicted molar refractivity (Wildman–Crippen MR) is 119 cm³/mol. The van der Waals surface area contributed by atoms with Gasteiger partial charge < -0.3 is 14.7 Å². The molecule has 0 aliphatic carbocycles. The summed E-state index contributed by atoms with van der Waals surface area (Å²) in [5.41, 5.74) is 3.54. The van der Waals surface area contributed by atoms with Crippen LogP contribution in [-0.4, -0.2) is 36.9 Å². The number of rotatable bonds is 8. The lowest BCUT2D eigenvalue weighted by Crippen LogP contribution is -2.08. The van der Waals surface area contributed by atoms with E-state index in [0.29, 0.717) is 23.6 Å². The van der Waals surface area contributed by atoms with Gasteiger partial charge >= 0.3 is 5.97 Å². The number of benzene rings is 2. The fourth-order valence-electron chi connectivity index (χ4n) is 3.64. The highest BCUT2D eigenvalue weighted by Crippen LogP contribution is 2.26. The maximum atomic E-state index is 11.6. The van der Waals surface area contributed by atoms with Crippen LogP contribution < -0.4 is 0 Å². The summed E-state index contributed by atoms with van der Waals surface area (Å²) in [5.74, 6) is 0.275. The van der Waals surface area contributed by atoms with Crippen molar-refractivity contribution in [2.75, 3.05) is 0 Å². The lowest BCUT2D eigenvalue weighted by atomic mass is 10.1. The standard InChI is InChI=1S/C23H21ClN4O3/c1-2-3-8-20-27-21(24)19(13-29)28(20)12-14-9-10-17-18(11-14)26-22(25-17)15-6-4-5-7-16(15)23(30)31/h4-7,9-11,13H,2-3,8,12H2,1H3,(H,25,26)(H,30,31). The SMILES string of the molecule is CCCCc1nc(Cl)c(C=O)n1Cc1ccc2nc(-c3ccccc3C(=O)O)[nH]c2c1. The van der Waals surface area contributed by atoms with E-state index in [1.165, 1.54) is 0 Å². The molecule has 0 saturated heterocycles. The molecular formula is C23H21ClN4O3. The van der Waals surface area contributed by atoms with E-state index >= 15 is 0 Å². The molecule has 7 nitrogen and oxygen atoms in total. The number of carboxylic acid groups (broad SMARTS) is 1. The van der Waals surface area contributed by atoms with Crippen LogP contribution in [0.5, 0.6) is 0 Å². The van der Waals surface area contributed by atoms with Crippen molar-refractivity contribution in [1.29, 1.82) is 0 Å². The van der Waals surface area contributed by atoms with Crippen molar-refractivity contribution in [2.24, 2.45) is 0 Å². The van der Waals surface area contributed by atoms with Gasteiger partial charge in [-0.3, -0.25) is 4.79 Å². The number of fused-ring (bicyclic) bond motifs is 1. The fraction of sp³-hybridized carbons (Fsp3) is 0.217. The van der Waals surface area contributed by atoms with Crippen molar-refractivity contribution in [3.63, 3.8) is 0 Å². The van der Waals surface area contributed by atoms with Crippen LogP contribution in [-0.2, 0) is 13.0 Å². The molecule has 0 fully saturated rings. The summed E-state index contributed by atoms with van der Waals surface area (Å²) in [6.45, 7) is 2.55. The molecule has 0 spiro atoms. The van der Waals surface area contributed by atoms with Crippen molar-refractivity contribution in [1.82, 2.24) is 19.5 Å². The molecule has 4 rings (SSSR count). The number of aromatic nitrogens is 4. The van der Waals surface area contributed by atoms with Gasteiger partial charge in [0.05, 0.1) is 16.6 Å². The summed E-state index contributed by atoms with van der Waals surface area (Å²) in [5, 5.41) is 9.68. The van der Waals surface area contributed by atoms with Gasteiger partial charge in [-0.2, -0.15) is 0 Å². The third-order valence-electron chi connectivity index (χ3n) is 5.21. The lowest BCUT2D eigenvalue weighted by Gasteiger charge is -2.09. The Labute approximate surface area is 183 Å². The minimum absolute atomic E-state index is 0.186. The molecule has 2 aromatic heterocycles. The van der Waals surface area contributed by atoms with Crippen molar-refractivity contribution in [3.8, 4) is 11.4 Å². The number of aryl methyl sites for hydroxylation is 1. The van der Waals surface area contributed by atoms with Gasteiger partial charge in [0.15, 0.2) is 11.4 Å².